The minimum atomic E-state index is -0.296. The SMILES string of the molecule is O=C(N/N=C\c1cccnc1)c1ccc(N/N=C\c2cccnc2)cc1. The van der Waals surface area contributed by atoms with Gasteiger partial charge in [0.15, 0.2) is 0 Å². The Labute approximate surface area is 150 Å². The maximum absolute atomic E-state index is 12.0. The summed E-state index contributed by atoms with van der Waals surface area (Å²) in [5.74, 6) is -0.296. The average molecular weight is 344 g/mol. The van der Waals surface area contributed by atoms with E-state index in [0.29, 0.717) is 5.56 Å². The molecule has 26 heavy (non-hydrogen) atoms. The van der Waals surface area contributed by atoms with Gasteiger partial charge in [0, 0.05) is 41.5 Å². The van der Waals surface area contributed by atoms with Crippen LogP contribution in [0.1, 0.15) is 21.5 Å². The Morgan fingerprint density at radius 3 is 2.04 bits per heavy atom. The lowest BCUT2D eigenvalue weighted by Gasteiger charge is -2.03. The molecule has 0 saturated carbocycles. The van der Waals surface area contributed by atoms with Crippen LogP contribution >= 0.6 is 0 Å². The number of benzene rings is 1. The number of aromatic nitrogens is 2. The third-order valence-electron chi connectivity index (χ3n) is 3.30. The number of nitrogens with one attached hydrogen (secondary N) is 2. The molecule has 0 bridgehead atoms. The summed E-state index contributed by atoms with van der Waals surface area (Å²) in [4.78, 5) is 20.0. The molecule has 128 valence electrons. The van der Waals surface area contributed by atoms with E-state index in [-0.39, 0.29) is 5.91 Å². The van der Waals surface area contributed by atoms with Crippen molar-refractivity contribution in [1.29, 1.82) is 0 Å². The quantitative estimate of drug-likeness (QED) is 0.531. The van der Waals surface area contributed by atoms with E-state index in [1.165, 1.54) is 6.21 Å². The maximum Gasteiger partial charge on any atom is 0.271 e. The molecule has 2 heterocycles. The van der Waals surface area contributed by atoms with E-state index in [1.807, 2.05) is 18.2 Å². The van der Waals surface area contributed by atoms with Crippen LogP contribution in [0.15, 0.2) is 83.5 Å². The first-order chi connectivity index (χ1) is 12.8. The van der Waals surface area contributed by atoms with Gasteiger partial charge >= 0.3 is 0 Å². The summed E-state index contributed by atoms with van der Waals surface area (Å²) in [6.45, 7) is 0. The van der Waals surface area contributed by atoms with E-state index < -0.39 is 0 Å². The van der Waals surface area contributed by atoms with Crippen LogP contribution in [-0.4, -0.2) is 28.3 Å². The van der Waals surface area contributed by atoms with E-state index in [4.69, 9.17) is 0 Å². The fourth-order valence-electron chi connectivity index (χ4n) is 2.01. The highest BCUT2D eigenvalue weighted by molar-refractivity contribution is 5.95. The van der Waals surface area contributed by atoms with E-state index >= 15 is 0 Å². The second-order valence-electron chi connectivity index (χ2n) is 5.22. The highest BCUT2D eigenvalue weighted by atomic mass is 16.2. The Bertz CT molecular complexity index is 892. The minimum Gasteiger partial charge on any atom is -0.279 e. The molecule has 0 fully saturated rings. The van der Waals surface area contributed by atoms with E-state index in [0.717, 1.165) is 16.8 Å². The zero-order valence-corrected chi connectivity index (χ0v) is 13.8. The highest BCUT2D eigenvalue weighted by Crippen LogP contribution is 2.09. The Morgan fingerprint density at radius 1 is 0.846 bits per heavy atom. The van der Waals surface area contributed by atoms with Crippen molar-refractivity contribution in [3.63, 3.8) is 0 Å². The monoisotopic (exact) mass is 344 g/mol. The van der Waals surface area contributed by atoms with Crippen molar-refractivity contribution in [1.82, 2.24) is 15.4 Å². The standard InChI is InChI=1S/C19H16N6O/c26-19(25-23-14-16-4-2-10-21-12-16)17-5-7-18(8-6-17)24-22-13-15-3-1-9-20-11-15/h1-14,24H,(H,25,26)/b22-13-,23-14-. The summed E-state index contributed by atoms with van der Waals surface area (Å²) >= 11 is 0. The summed E-state index contributed by atoms with van der Waals surface area (Å²) < 4.78 is 0. The van der Waals surface area contributed by atoms with Gasteiger partial charge in [-0.05, 0) is 36.4 Å². The third kappa shape index (κ3) is 5.07. The van der Waals surface area contributed by atoms with Crippen molar-refractivity contribution in [2.45, 2.75) is 0 Å². The molecule has 0 aliphatic carbocycles. The van der Waals surface area contributed by atoms with Gasteiger partial charge in [0.1, 0.15) is 0 Å². The molecule has 1 aromatic carbocycles. The van der Waals surface area contributed by atoms with Crippen LogP contribution in [0.3, 0.4) is 0 Å². The van der Waals surface area contributed by atoms with E-state index in [1.54, 1.807) is 61.3 Å². The summed E-state index contributed by atoms with van der Waals surface area (Å²) in [6.07, 6.45) is 9.95. The zero-order chi connectivity index (χ0) is 18.0. The Kier molecular flexibility index (Phi) is 5.77. The summed E-state index contributed by atoms with van der Waals surface area (Å²) in [5.41, 5.74) is 8.33. The Hall–Kier alpha value is -3.87. The molecule has 0 saturated heterocycles. The number of carbonyl (C=O) groups is 1. The second-order valence-corrected chi connectivity index (χ2v) is 5.22. The number of amides is 1. The smallest absolute Gasteiger partial charge is 0.271 e. The molecule has 0 spiro atoms. The summed E-state index contributed by atoms with van der Waals surface area (Å²) in [6, 6.07) is 14.3. The van der Waals surface area contributed by atoms with Gasteiger partial charge in [0.2, 0.25) is 0 Å². The van der Waals surface area contributed by atoms with Crippen LogP contribution in [0.5, 0.6) is 0 Å². The van der Waals surface area contributed by atoms with Gasteiger partial charge in [0.25, 0.3) is 5.91 Å². The van der Waals surface area contributed by atoms with E-state index in [2.05, 4.69) is 31.0 Å². The molecule has 2 aromatic heterocycles. The van der Waals surface area contributed by atoms with Crippen molar-refractivity contribution in [2.24, 2.45) is 10.2 Å². The highest BCUT2D eigenvalue weighted by Gasteiger charge is 2.03. The molecule has 3 rings (SSSR count). The molecule has 7 heteroatoms. The normalized spacial score (nSPS) is 10.9. The molecule has 0 unspecified atom stereocenters. The van der Waals surface area contributed by atoms with Crippen LogP contribution in [0, 0.1) is 0 Å². The second kappa shape index (κ2) is 8.84. The molecule has 0 aliphatic heterocycles. The van der Waals surface area contributed by atoms with Gasteiger partial charge in [-0.3, -0.25) is 20.2 Å². The summed E-state index contributed by atoms with van der Waals surface area (Å²) in [7, 11) is 0. The number of anilines is 1. The van der Waals surface area contributed by atoms with Crippen molar-refractivity contribution >= 4 is 24.0 Å². The molecule has 2 N–H and O–H groups in total. The van der Waals surface area contributed by atoms with Crippen LogP contribution in [0.4, 0.5) is 5.69 Å². The lowest BCUT2D eigenvalue weighted by Crippen LogP contribution is -2.17. The fraction of sp³-hybridized carbons (Fsp3) is 0. The number of hydrogen-bond donors (Lipinski definition) is 2. The van der Waals surface area contributed by atoms with E-state index in [9.17, 15) is 4.79 Å². The predicted octanol–water partition coefficient (Wildman–Crippen LogP) is 2.69. The van der Waals surface area contributed by atoms with Crippen LogP contribution < -0.4 is 10.9 Å². The van der Waals surface area contributed by atoms with Crippen molar-refractivity contribution in [3.8, 4) is 0 Å². The van der Waals surface area contributed by atoms with Gasteiger partial charge < -0.3 is 0 Å². The first-order valence-corrected chi connectivity index (χ1v) is 7.84. The van der Waals surface area contributed by atoms with Gasteiger partial charge in [0.05, 0.1) is 18.1 Å². The number of pyridine rings is 2. The van der Waals surface area contributed by atoms with Crippen molar-refractivity contribution in [3.05, 3.63) is 90.0 Å². The Balaban J connectivity index is 1.52. The topological polar surface area (TPSA) is 91.6 Å². The molecule has 1 amide bonds. The minimum absolute atomic E-state index is 0.296. The van der Waals surface area contributed by atoms with Crippen LogP contribution in [0.2, 0.25) is 0 Å². The number of carbonyl (C=O) groups excluding carboxylic acids is 1. The fourth-order valence-corrected chi connectivity index (χ4v) is 2.01. The largest absolute Gasteiger partial charge is 0.279 e. The molecule has 3 aromatic rings. The lowest BCUT2D eigenvalue weighted by atomic mass is 10.2. The molecule has 0 radical (unpaired) electrons. The molecule has 0 atom stereocenters. The molecular formula is C19H16N6O. The van der Waals surface area contributed by atoms with Crippen LogP contribution in [0.25, 0.3) is 0 Å². The lowest BCUT2D eigenvalue weighted by molar-refractivity contribution is 0.0955. The predicted molar refractivity (Wildman–Crippen MR) is 101 cm³/mol. The average Bonchev–Trinajstić information content (AvgIpc) is 2.70. The van der Waals surface area contributed by atoms with Gasteiger partial charge in [-0.15, -0.1) is 0 Å². The molecule has 7 nitrogen and oxygen atoms in total. The first kappa shape index (κ1) is 17.0. The number of rotatable bonds is 6. The van der Waals surface area contributed by atoms with Gasteiger partial charge in [-0.25, -0.2) is 5.43 Å². The van der Waals surface area contributed by atoms with Crippen molar-refractivity contribution in [2.75, 3.05) is 5.43 Å². The Morgan fingerprint density at radius 2 is 1.46 bits per heavy atom. The van der Waals surface area contributed by atoms with Crippen LogP contribution in [-0.2, 0) is 0 Å². The first-order valence-electron chi connectivity index (χ1n) is 7.84. The summed E-state index contributed by atoms with van der Waals surface area (Å²) in [5, 5.41) is 8.04. The number of hydrazone groups is 2. The number of nitrogens with zero attached hydrogens (tertiary/aromatic N) is 4. The maximum atomic E-state index is 12.0. The molecule has 0 aliphatic rings. The zero-order valence-electron chi connectivity index (χ0n) is 13.8. The van der Waals surface area contributed by atoms with Gasteiger partial charge in [-0.1, -0.05) is 12.1 Å². The van der Waals surface area contributed by atoms with Gasteiger partial charge in [-0.2, -0.15) is 10.2 Å². The number of hydrogen-bond acceptors (Lipinski definition) is 6. The molecular weight excluding hydrogens is 328 g/mol. The van der Waals surface area contributed by atoms with Crippen molar-refractivity contribution < 1.29 is 4.79 Å². The third-order valence-corrected chi connectivity index (χ3v) is 3.30.